The third-order valence-electron chi connectivity index (χ3n) is 3.30. The molecule has 5 N–H and O–H groups in total. The number of hydrogen-bond donors (Lipinski definition) is 5. The fraction of sp³-hybridized carbons (Fsp3) is 0.500. The van der Waals surface area contributed by atoms with Crippen molar-refractivity contribution in [3.63, 3.8) is 0 Å². The van der Waals surface area contributed by atoms with Crippen molar-refractivity contribution in [3.05, 3.63) is 22.4 Å². The van der Waals surface area contributed by atoms with Gasteiger partial charge in [-0.15, -0.1) is 4.73 Å². The number of aromatic amines is 1. The number of aromatic nitrogens is 4. The number of ether oxygens (including phenoxy) is 1. The van der Waals surface area contributed by atoms with E-state index in [1.165, 1.54) is 0 Å². The summed E-state index contributed by atoms with van der Waals surface area (Å²) in [6.07, 6.45) is -3.61. The van der Waals surface area contributed by atoms with Crippen LogP contribution in [0.25, 0.3) is 11.0 Å². The van der Waals surface area contributed by atoms with Crippen LogP contribution in [-0.2, 0) is 4.74 Å². The van der Waals surface area contributed by atoms with Crippen molar-refractivity contribution in [2.75, 3.05) is 6.61 Å². The van der Waals surface area contributed by atoms with Gasteiger partial charge in [-0.1, -0.05) is 0 Å². The fourth-order valence-corrected chi connectivity index (χ4v) is 2.24. The Morgan fingerprint density at radius 1 is 1.35 bits per heavy atom. The predicted octanol–water partition coefficient (Wildman–Crippen LogP) is -2.49. The summed E-state index contributed by atoms with van der Waals surface area (Å²) in [6, 6.07) is 0. The highest BCUT2D eigenvalue weighted by molar-refractivity contribution is 5.76. The number of H-pyrrole nitrogens is 1. The van der Waals surface area contributed by atoms with Crippen molar-refractivity contribution in [3.8, 4) is 0 Å². The van der Waals surface area contributed by atoms with Crippen LogP contribution in [-0.4, -0.2) is 65.4 Å². The molecule has 0 saturated carbocycles. The van der Waals surface area contributed by atoms with E-state index in [2.05, 4.69) is 15.2 Å². The molecule has 4 unspecified atom stereocenters. The Balaban J connectivity index is 2.08. The molecular weight excluding hydrogens is 272 g/mol. The lowest BCUT2D eigenvalue weighted by Crippen LogP contribution is -2.32. The minimum Gasteiger partial charge on any atom is -0.424 e. The smallest absolute Gasteiger partial charge is 0.314 e. The van der Waals surface area contributed by atoms with Crippen molar-refractivity contribution in [1.82, 2.24) is 19.9 Å². The van der Waals surface area contributed by atoms with Gasteiger partial charge in [-0.3, -0.25) is 9.89 Å². The van der Waals surface area contributed by atoms with Crippen LogP contribution < -0.4 is 5.56 Å². The van der Waals surface area contributed by atoms with Crippen LogP contribution >= 0.6 is 0 Å². The summed E-state index contributed by atoms with van der Waals surface area (Å²) in [5.41, 5.74) is -0.581. The topological polar surface area (TPSA) is 154 Å². The summed E-state index contributed by atoms with van der Waals surface area (Å²) < 4.78 is 5.61. The average Bonchev–Trinajstić information content (AvgIpc) is 2.98. The first-order valence-electron chi connectivity index (χ1n) is 5.82. The molecular formula is C10H12N4O6. The largest absolute Gasteiger partial charge is 0.424 e. The SMILES string of the molecule is O=c1c2n[nH]c(C3OC(CO)C(O)C3O)c2ncn1O. The zero-order valence-corrected chi connectivity index (χ0v) is 10.0. The molecule has 0 aliphatic carbocycles. The molecule has 20 heavy (non-hydrogen) atoms. The first-order valence-corrected chi connectivity index (χ1v) is 5.82. The number of rotatable bonds is 2. The molecule has 4 atom stereocenters. The maximum atomic E-state index is 11.6. The van der Waals surface area contributed by atoms with E-state index in [4.69, 9.17) is 9.84 Å². The molecule has 0 radical (unpaired) electrons. The van der Waals surface area contributed by atoms with E-state index in [1.54, 1.807) is 0 Å². The normalized spacial score (nSPS) is 30.1. The van der Waals surface area contributed by atoms with Crippen LogP contribution in [0.2, 0.25) is 0 Å². The highest BCUT2D eigenvalue weighted by atomic mass is 16.6. The monoisotopic (exact) mass is 284 g/mol. The number of fused-ring (bicyclic) bond motifs is 1. The average molecular weight is 284 g/mol. The molecule has 1 aliphatic heterocycles. The lowest BCUT2D eigenvalue weighted by Gasteiger charge is -2.12. The molecule has 1 fully saturated rings. The van der Waals surface area contributed by atoms with E-state index >= 15 is 0 Å². The van der Waals surface area contributed by atoms with Crippen molar-refractivity contribution in [1.29, 1.82) is 0 Å². The minimum absolute atomic E-state index is 0.120. The van der Waals surface area contributed by atoms with Crippen molar-refractivity contribution < 1.29 is 25.3 Å². The second kappa shape index (κ2) is 4.52. The Morgan fingerprint density at radius 2 is 2.10 bits per heavy atom. The lowest BCUT2D eigenvalue weighted by atomic mass is 10.1. The van der Waals surface area contributed by atoms with Crippen molar-refractivity contribution in [2.24, 2.45) is 0 Å². The zero-order valence-electron chi connectivity index (χ0n) is 10.0. The molecule has 1 saturated heterocycles. The quantitative estimate of drug-likeness (QED) is 0.379. The van der Waals surface area contributed by atoms with Crippen LogP contribution in [0.5, 0.6) is 0 Å². The summed E-state index contributed by atoms with van der Waals surface area (Å²) in [5, 5.41) is 44.1. The molecule has 108 valence electrons. The number of nitrogens with zero attached hydrogens (tertiary/aromatic N) is 3. The maximum Gasteiger partial charge on any atom is 0.314 e. The molecule has 0 aromatic carbocycles. The molecule has 0 spiro atoms. The van der Waals surface area contributed by atoms with Gasteiger partial charge >= 0.3 is 5.56 Å². The number of aliphatic hydroxyl groups excluding tert-OH is 3. The first-order chi connectivity index (χ1) is 9.54. The summed E-state index contributed by atoms with van der Waals surface area (Å²) >= 11 is 0. The van der Waals surface area contributed by atoms with Gasteiger partial charge in [-0.2, -0.15) is 5.10 Å². The molecule has 2 aromatic heterocycles. The standard InChI is InChI=1S/C10H12N4O6/c15-1-3-7(16)8(17)9(20-3)5-4-6(13-12-5)10(18)14(19)2-11-4/h2-3,7-9,15-17,19H,1H2,(H,12,13). The Bertz CT molecular complexity index is 697. The van der Waals surface area contributed by atoms with Crippen LogP contribution in [0.3, 0.4) is 0 Å². The summed E-state index contributed by atoms with van der Waals surface area (Å²) in [5.74, 6) is 0. The summed E-state index contributed by atoms with van der Waals surface area (Å²) in [7, 11) is 0. The van der Waals surface area contributed by atoms with E-state index in [0.29, 0.717) is 0 Å². The third kappa shape index (κ3) is 1.70. The molecule has 1 aliphatic rings. The molecule has 3 rings (SSSR count). The van der Waals surface area contributed by atoms with Gasteiger partial charge < -0.3 is 25.3 Å². The molecule has 0 bridgehead atoms. The highest BCUT2D eigenvalue weighted by Crippen LogP contribution is 2.34. The van der Waals surface area contributed by atoms with Crippen molar-refractivity contribution >= 4 is 11.0 Å². The van der Waals surface area contributed by atoms with Gasteiger partial charge in [0.15, 0.2) is 5.52 Å². The van der Waals surface area contributed by atoms with Gasteiger partial charge in [0.05, 0.1) is 12.3 Å². The Morgan fingerprint density at radius 3 is 2.75 bits per heavy atom. The van der Waals surface area contributed by atoms with Gasteiger partial charge in [0, 0.05) is 0 Å². The van der Waals surface area contributed by atoms with Gasteiger partial charge in [0.2, 0.25) is 0 Å². The van der Waals surface area contributed by atoms with E-state index in [9.17, 15) is 20.2 Å². The maximum absolute atomic E-state index is 11.6. The van der Waals surface area contributed by atoms with E-state index in [1.807, 2.05) is 0 Å². The molecule has 0 amide bonds. The summed E-state index contributed by atoms with van der Waals surface area (Å²) in [4.78, 5) is 15.5. The van der Waals surface area contributed by atoms with Gasteiger partial charge in [0.25, 0.3) is 0 Å². The van der Waals surface area contributed by atoms with E-state index in [0.717, 1.165) is 6.33 Å². The Kier molecular flexibility index (Phi) is 2.94. The van der Waals surface area contributed by atoms with E-state index < -0.39 is 36.6 Å². The molecule has 2 aromatic rings. The summed E-state index contributed by atoms with van der Waals surface area (Å²) in [6.45, 7) is -0.461. The number of nitrogens with one attached hydrogen (secondary N) is 1. The lowest BCUT2D eigenvalue weighted by molar-refractivity contribution is -0.0236. The van der Waals surface area contributed by atoms with Gasteiger partial charge in [-0.25, -0.2) is 4.98 Å². The van der Waals surface area contributed by atoms with Gasteiger partial charge in [0.1, 0.15) is 36.3 Å². The fourth-order valence-electron chi connectivity index (χ4n) is 2.24. The van der Waals surface area contributed by atoms with Crippen LogP contribution in [0.4, 0.5) is 0 Å². The molecule has 3 heterocycles. The predicted molar refractivity (Wildman–Crippen MR) is 62.0 cm³/mol. The molecule has 10 nitrogen and oxygen atoms in total. The van der Waals surface area contributed by atoms with Crippen LogP contribution in [0, 0.1) is 0 Å². The second-order valence-corrected chi connectivity index (χ2v) is 4.49. The Hall–Kier alpha value is -2.01. The number of aliphatic hydroxyl groups is 3. The first kappa shape index (κ1) is 13.0. The van der Waals surface area contributed by atoms with Crippen LogP contribution in [0.1, 0.15) is 11.8 Å². The second-order valence-electron chi connectivity index (χ2n) is 4.49. The number of hydrogen-bond acceptors (Lipinski definition) is 8. The Labute approximate surface area is 110 Å². The highest BCUT2D eigenvalue weighted by Gasteiger charge is 2.44. The third-order valence-corrected chi connectivity index (χ3v) is 3.30. The van der Waals surface area contributed by atoms with Crippen LogP contribution in [0.15, 0.2) is 11.1 Å². The van der Waals surface area contributed by atoms with Crippen molar-refractivity contribution in [2.45, 2.75) is 24.4 Å². The minimum atomic E-state index is -1.30. The molecule has 10 heteroatoms. The zero-order chi connectivity index (χ0) is 14.4. The van der Waals surface area contributed by atoms with E-state index in [-0.39, 0.29) is 21.5 Å². The van der Waals surface area contributed by atoms with Gasteiger partial charge in [-0.05, 0) is 0 Å².